The van der Waals surface area contributed by atoms with Gasteiger partial charge in [0.1, 0.15) is 0 Å². The van der Waals surface area contributed by atoms with E-state index in [1.54, 1.807) is 24.3 Å². The van der Waals surface area contributed by atoms with E-state index in [-0.39, 0.29) is 10.3 Å². The Morgan fingerprint density at radius 1 is 1.05 bits per heavy atom. The molecule has 21 heavy (non-hydrogen) atoms. The fourth-order valence-electron chi connectivity index (χ4n) is 3.65. The second-order valence-electron chi connectivity index (χ2n) is 6.31. The molecule has 0 unspecified atom stereocenters. The molecular formula is C16H22N2O2S. The van der Waals surface area contributed by atoms with E-state index >= 15 is 0 Å². The van der Waals surface area contributed by atoms with E-state index < -0.39 is 10.0 Å². The number of nitrogens with one attached hydrogen (secondary N) is 1. The molecule has 0 radical (unpaired) electrons. The Morgan fingerprint density at radius 3 is 2.33 bits per heavy atom. The Labute approximate surface area is 126 Å². The van der Waals surface area contributed by atoms with E-state index in [0.717, 1.165) is 43.4 Å². The third-order valence-corrected chi connectivity index (χ3v) is 6.10. The highest BCUT2D eigenvalue weighted by Gasteiger charge is 2.42. The molecule has 0 aromatic heterocycles. The molecule has 114 valence electrons. The van der Waals surface area contributed by atoms with Crippen LogP contribution in [0.2, 0.25) is 0 Å². The molecule has 2 aliphatic rings. The van der Waals surface area contributed by atoms with Crippen molar-refractivity contribution in [3.05, 3.63) is 29.8 Å². The van der Waals surface area contributed by atoms with Crippen LogP contribution in [0.5, 0.6) is 0 Å². The summed E-state index contributed by atoms with van der Waals surface area (Å²) < 4.78 is 24.6. The number of aryl methyl sites for hydroxylation is 1. The number of nitrogens with zero attached hydrogens (tertiary/aromatic N) is 1. The predicted octanol–water partition coefficient (Wildman–Crippen LogP) is 3.37. The lowest BCUT2D eigenvalue weighted by molar-refractivity contribution is 0.426. The Balaban J connectivity index is 1.80. The van der Waals surface area contributed by atoms with Crippen LogP contribution < -0.4 is 4.83 Å². The van der Waals surface area contributed by atoms with Crippen LogP contribution in [0, 0.1) is 12.3 Å². The van der Waals surface area contributed by atoms with Gasteiger partial charge in [-0.2, -0.15) is 13.5 Å². The SMILES string of the molecule is Cc1ccc(S(=O)(=O)NN=C2CCCC23CCCC3)cc1. The molecule has 1 aromatic carbocycles. The lowest BCUT2D eigenvalue weighted by Crippen LogP contribution is -2.27. The van der Waals surface area contributed by atoms with Gasteiger partial charge in [-0.25, -0.2) is 4.83 Å². The van der Waals surface area contributed by atoms with Crippen molar-refractivity contribution in [1.29, 1.82) is 0 Å². The Morgan fingerprint density at radius 2 is 1.67 bits per heavy atom. The van der Waals surface area contributed by atoms with Crippen LogP contribution in [-0.4, -0.2) is 14.1 Å². The lowest BCUT2D eigenvalue weighted by atomic mass is 9.83. The first-order valence-corrected chi connectivity index (χ1v) is 9.16. The van der Waals surface area contributed by atoms with Crippen LogP contribution in [0.4, 0.5) is 0 Å². The van der Waals surface area contributed by atoms with Crippen molar-refractivity contribution in [1.82, 2.24) is 4.83 Å². The van der Waals surface area contributed by atoms with E-state index in [2.05, 4.69) is 9.93 Å². The van der Waals surface area contributed by atoms with E-state index in [0.29, 0.717) is 0 Å². The van der Waals surface area contributed by atoms with Gasteiger partial charge in [0.2, 0.25) is 0 Å². The van der Waals surface area contributed by atoms with Crippen molar-refractivity contribution in [2.24, 2.45) is 10.5 Å². The molecular weight excluding hydrogens is 284 g/mol. The zero-order valence-electron chi connectivity index (χ0n) is 12.4. The molecule has 1 N–H and O–H groups in total. The van der Waals surface area contributed by atoms with Gasteiger partial charge in [-0.05, 0) is 51.2 Å². The number of rotatable bonds is 3. The molecule has 1 aromatic rings. The van der Waals surface area contributed by atoms with Gasteiger partial charge in [0.05, 0.1) is 4.90 Å². The molecule has 2 aliphatic carbocycles. The van der Waals surface area contributed by atoms with E-state index in [1.807, 2.05) is 6.92 Å². The normalized spacial score (nSPS) is 23.0. The highest BCUT2D eigenvalue weighted by Crippen LogP contribution is 2.48. The topological polar surface area (TPSA) is 58.5 Å². The summed E-state index contributed by atoms with van der Waals surface area (Å²) in [6.07, 6.45) is 8.03. The third-order valence-electron chi connectivity index (χ3n) is 4.87. The largest absolute Gasteiger partial charge is 0.276 e. The minimum absolute atomic E-state index is 0.190. The molecule has 0 saturated heterocycles. The summed E-state index contributed by atoms with van der Waals surface area (Å²) in [5.74, 6) is 0. The molecule has 0 amide bonds. The van der Waals surface area contributed by atoms with Crippen molar-refractivity contribution in [2.75, 3.05) is 0 Å². The van der Waals surface area contributed by atoms with Crippen molar-refractivity contribution in [2.45, 2.75) is 56.8 Å². The molecule has 0 bridgehead atoms. The first kappa shape index (κ1) is 14.6. The monoisotopic (exact) mass is 306 g/mol. The van der Waals surface area contributed by atoms with Gasteiger partial charge in [-0.1, -0.05) is 30.5 Å². The van der Waals surface area contributed by atoms with Gasteiger partial charge in [0, 0.05) is 11.1 Å². The predicted molar refractivity (Wildman–Crippen MR) is 83.7 cm³/mol. The number of hydrogen-bond donors (Lipinski definition) is 1. The highest BCUT2D eigenvalue weighted by atomic mass is 32.2. The van der Waals surface area contributed by atoms with Crippen LogP contribution >= 0.6 is 0 Å². The molecule has 3 rings (SSSR count). The standard InChI is InChI=1S/C16H22N2O2S/c1-13-6-8-14(9-7-13)21(19,20)18-17-15-5-4-12-16(15)10-2-3-11-16/h6-9,18H,2-5,10-12H2,1H3. The van der Waals surface area contributed by atoms with Crippen LogP contribution in [0.15, 0.2) is 34.3 Å². The fourth-order valence-corrected chi connectivity index (χ4v) is 4.48. The summed E-state index contributed by atoms with van der Waals surface area (Å²) in [4.78, 5) is 2.72. The van der Waals surface area contributed by atoms with Gasteiger partial charge < -0.3 is 0 Å². The van der Waals surface area contributed by atoms with Crippen LogP contribution in [0.3, 0.4) is 0 Å². The van der Waals surface area contributed by atoms with Gasteiger partial charge >= 0.3 is 0 Å². The van der Waals surface area contributed by atoms with Crippen LogP contribution in [0.25, 0.3) is 0 Å². The molecule has 0 heterocycles. The summed E-state index contributed by atoms with van der Waals surface area (Å²) in [5.41, 5.74) is 2.30. The molecule has 4 nitrogen and oxygen atoms in total. The molecule has 0 atom stereocenters. The number of benzene rings is 1. The van der Waals surface area contributed by atoms with E-state index in [9.17, 15) is 8.42 Å². The summed E-state index contributed by atoms with van der Waals surface area (Å²) in [5, 5.41) is 4.31. The maximum atomic E-state index is 12.3. The Kier molecular flexibility index (Phi) is 3.78. The quantitative estimate of drug-likeness (QED) is 0.870. The van der Waals surface area contributed by atoms with Crippen molar-refractivity contribution in [3.8, 4) is 0 Å². The van der Waals surface area contributed by atoms with Crippen molar-refractivity contribution < 1.29 is 8.42 Å². The molecule has 0 aliphatic heterocycles. The summed E-state index contributed by atoms with van der Waals surface area (Å²) in [6, 6.07) is 6.85. The molecule has 2 saturated carbocycles. The van der Waals surface area contributed by atoms with Gasteiger partial charge in [0.25, 0.3) is 10.0 Å². The average molecular weight is 306 g/mol. The van der Waals surface area contributed by atoms with Crippen LogP contribution in [0.1, 0.15) is 50.5 Å². The first-order chi connectivity index (χ1) is 10.0. The highest BCUT2D eigenvalue weighted by molar-refractivity contribution is 7.89. The summed E-state index contributed by atoms with van der Waals surface area (Å²) >= 11 is 0. The lowest BCUT2D eigenvalue weighted by Gasteiger charge is -2.23. The second-order valence-corrected chi connectivity index (χ2v) is 7.97. The number of hydrogen-bond acceptors (Lipinski definition) is 3. The second kappa shape index (κ2) is 5.44. The summed E-state index contributed by atoms with van der Waals surface area (Å²) in [6.45, 7) is 1.94. The van der Waals surface area contributed by atoms with Crippen LogP contribution in [-0.2, 0) is 10.0 Å². The molecule has 2 fully saturated rings. The maximum Gasteiger partial charge on any atom is 0.276 e. The Hall–Kier alpha value is -1.36. The van der Waals surface area contributed by atoms with Gasteiger partial charge in [-0.15, -0.1) is 0 Å². The van der Waals surface area contributed by atoms with Crippen molar-refractivity contribution >= 4 is 15.7 Å². The number of sulfonamides is 1. The minimum atomic E-state index is -3.55. The minimum Gasteiger partial charge on any atom is -0.200 e. The third kappa shape index (κ3) is 2.84. The van der Waals surface area contributed by atoms with Gasteiger partial charge in [0.15, 0.2) is 0 Å². The maximum absolute atomic E-state index is 12.3. The Bertz CT molecular complexity index is 636. The van der Waals surface area contributed by atoms with Gasteiger partial charge in [-0.3, -0.25) is 0 Å². The smallest absolute Gasteiger partial charge is 0.200 e. The molecule has 5 heteroatoms. The number of hydrazone groups is 1. The van der Waals surface area contributed by atoms with E-state index in [4.69, 9.17) is 0 Å². The average Bonchev–Trinajstić information content (AvgIpc) is 3.08. The first-order valence-electron chi connectivity index (χ1n) is 7.67. The zero-order valence-corrected chi connectivity index (χ0v) is 13.2. The molecule has 1 spiro atoms. The van der Waals surface area contributed by atoms with E-state index in [1.165, 1.54) is 12.8 Å². The summed E-state index contributed by atoms with van der Waals surface area (Å²) in [7, 11) is -3.55. The fraction of sp³-hybridized carbons (Fsp3) is 0.562. The van der Waals surface area contributed by atoms with Crippen molar-refractivity contribution in [3.63, 3.8) is 0 Å². The zero-order chi connectivity index (χ0) is 14.9.